The fourth-order valence-corrected chi connectivity index (χ4v) is 6.89. The summed E-state index contributed by atoms with van der Waals surface area (Å²) in [6, 6.07) is 8.22. The molecule has 0 bridgehead atoms. The van der Waals surface area contributed by atoms with Crippen LogP contribution in [0, 0.1) is 17.8 Å². The van der Waals surface area contributed by atoms with Crippen LogP contribution in [-0.4, -0.2) is 54.6 Å². The highest BCUT2D eigenvalue weighted by molar-refractivity contribution is 7.99. The van der Waals surface area contributed by atoms with Gasteiger partial charge in [-0.1, -0.05) is 39.0 Å². The molecule has 192 valence electrons. The van der Waals surface area contributed by atoms with Gasteiger partial charge in [0.15, 0.2) is 0 Å². The predicted octanol–water partition coefficient (Wildman–Crippen LogP) is 4.06. The van der Waals surface area contributed by atoms with E-state index in [2.05, 4.69) is 28.9 Å². The van der Waals surface area contributed by atoms with E-state index in [1.165, 1.54) is 18.2 Å². The summed E-state index contributed by atoms with van der Waals surface area (Å²) in [5.74, 6) is 1.44. The number of aliphatic hydroxyl groups is 1. The van der Waals surface area contributed by atoms with Crippen molar-refractivity contribution in [2.24, 2.45) is 17.8 Å². The Hall–Kier alpha value is -1.68. The number of pyridine rings is 1. The quantitative estimate of drug-likeness (QED) is 0.393. The van der Waals surface area contributed by atoms with Gasteiger partial charge in [0.25, 0.3) is 0 Å². The second-order valence-electron chi connectivity index (χ2n) is 9.73. The third-order valence-electron chi connectivity index (χ3n) is 6.73. The Kier molecular flexibility index (Phi) is 9.37. The summed E-state index contributed by atoms with van der Waals surface area (Å²) < 4.78 is 26.5. The van der Waals surface area contributed by atoms with Gasteiger partial charge < -0.3 is 10.4 Å². The first-order chi connectivity index (χ1) is 16.1. The summed E-state index contributed by atoms with van der Waals surface area (Å²) in [5.41, 5.74) is 0.815. The predicted molar refractivity (Wildman–Crippen MR) is 142 cm³/mol. The molecule has 1 saturated carbocycles. The molecule has 1 fully saturated rings. The molecule has 9 heteroatoms. The molecule has 3 unspecified atom stereocenters. The van der Waals surface area contributed by atoms with Crippen molar-refractivity contribution in [3.63, 3.8) is 0 Å². The lowest BCUT2D eigenvalue weighted by Crippen LogP contribution is -2.53. The van der Waals surface area contributed by atoms with Gasteiger partial charge in [0.2, 0.25) is 15.9 Å². The largest absolute Gasteiger partial charge is 0.391 e. The van der Waals surface area contributed by atoms with E-state index in [-0.39, 0.29) is 8.61 Å². The summed E-state index contributed by atoms with van der Waals surface area (Å²) in [5, 5.41) is 14.8. The number of hydrogen-bond donors (Lipinski definition) is 3. The van der Waals surface area contributed by atoms with Crippen LogP contribution >= 0.6 is 11.8 Å². The number of carbonyl (C=O) groups is 1. The fourth-order valence-electron chi connectivity index (χ4n) is 5.02. The molecule has 1 aliphatic carbocycles. The molecular formula is C25H41N3O4S2. The Labute approximate surface area is 210 Å². The van der Waals surface area contributed by atoms with Crippen molar-refractivity contribution in [3.05, 3.63) is 36.5 Å². The number of thioether (sulfide) groups is 1. The smallest absolute Gasteiger partial charge is 0.239 e. The zero-order chi connectivity index (χ0) is 24.9. The first-order valence-corrected chi connectivity index (χ1v) is 14.9. The maximum absolute atomic E-state index is 13.2. The van der Waals surface area contributed by atoms with E-state index in [0.29, 0.717) is 30.6 Å². The first-order valence-electron chi connectivity index (χ1n) is 12.0. The normalized spacial score (nSPS) is 23.5. The summed E-state index contributed by atoms with van der Waals surface area (Å²) in [7, 11) is -3.61. The second-order valence-corrected chi connectivity index (χ2v) is 12.6. The molecule has 0 aliphatic heterocycles. The number of rotatable bonds is 11. The van der Waals surface area contributed by atoms with E-state index >= 15 is 0 Å². The number of benzene rings is 1. The summed E-state index contributed by atoms with van der Waals surface area (Å²) in [4.78, 5) is 18.5. The van der Waals surface area contributed by atoms with Gasteiger partial charge >= 0.3 is 0 Å². The molecule has 1 heterocycles. The summed E-state index contributed by atoms with van der Waals surface area (Å²) >= 11 is 1.38. The zero-order valence-corrected chi connectivity index (χ0v) is 22.0. The summed E-state index contributed by atoms with van der Waals surface area (Å²) in [6.45, 7) is 6.39. The standard InChI is InChI=1S/C25H37N3O4S2.2H2/c1-5-20(22(29)14-19-13-16(2)12-17(19)3)27-25(30)21(28-34(4,31)32)15-33-23-10-6-8-18-9-7-11-26-24(18)23;;/h6-11,16-17,19-22,28-29H,5,12-15H2,1-4H3,(H,27,30);2*1H/t16?,17?,19?,20-,21+,22+;;/m0../s1. The van der Waals surface area contributed by atoms with E-state index in [1.807, 2.05) is 37.3 Å². The second kappa shape index (κ2) is 11.8. The van der Waals surface area contributed by atoms with Crippen LogP contribution in [0.2, 0.25) is 0 Å². The molecule has 1 aromatic heterocycles. The number of aliphatic hydroxyl groups excluding tert-OH is 1. The lowest BCUT2D eigenvalue weighted by molar-refractivity contribution is -0.124. The van der Waals surface area contributed by atoms with Crippen LogP contribution in [0.5, 0.6) is 0 Å². The van der Waals surface area contributed by atoms with Crippen LogP contribution in [0.15, 0.2) is 41.4 Å². The lowest BCUT2D eigenvalue weighted by Gasteiger charge is -2.28. The molecule has 1 amide bonds. The molecule has 3 N–H and O–H groups in total. The van der Waals surface area contributed by atoms with Crippen molar-refractivity contribution in [1.29, 1.82) is 0 Å². The number of carbonyl (C=O) groups excluding carboxylic acids is 1. The van der Waals surface area contributed by atoms with Crippen molar-refractivity contribution < 1.29 is 21.2 Å². The lowest BCUT2D eigenvalue weighted by atomic mass is 9.89. The van der Waals surface area contributed by atoms with Gasteiger partial charge in [0, 0.05) is 25.1 Å². The van der Waals surface area contributed by atoms with Crippen molar-refractivity contribution >= 4 is 38.6 Å². The number of nitrogens with zero attached hydrogens (tertiary/aromatic N) is 1. The molecule has 0 radical (unpaired) electrons. The van der Waals surface area contributed by atoms with Gasteiger partial charge in [-0.25, -0.2) is 13.1 Å². The SMILES string of the molecule is CC[C@H](NC(=O)[C@@H](CSc1cccc2cccnc12)NS(C)(=O)=O)[C@H](O)CC1CC(C)CC1C.[HH].[HH]. The number of hydrogen-bond acceptors (Lipinski definition) is 6. The first kappa shape index (κ1) is 26.9. The van der Waals surface area contributed by atoms with Crippen molar-refractivity contribution in [2.75, 3.05) is 12.0 Å². The Morgan fingerprint density at radius 2 is 2.00 bits per heavy atom. The van der Waals surface area contributed by atoms with Crippen LogP contribution in [0.1, 0.15) is 49.3 Å². The molecule has 2 aromatic rings. The van der Waals surface area contributed by atoms with Gasteiger partial charge in [-0.3, -0.25) is 9.78 Å². The molecule has 1 aliphatic rings. The zero-order valence-electron chi connectivity index (χ0n) is 20.4. The van der Waals surface area contributed by atoms with Gasteiger partial charge in [0.1, 0.15) is 6.04 Å². The third-order valence-corrected chi connectivity index (χ3v) is 8.59. The molecule has 7 nitrogen and oxygen atoms in total. The molecule has 0 saturated heterocycles. The molecule has 3 rings (SSSR count). The van der Waals surface area contributed by atoms with E-state index in [4.69, 9.17) is 0 Å². The number of sulfonamides is 1. The molecule has 6 atom stereocenters. The number of nitrogens with one attached hydrogen (secondary N) is 2. The van der Waals surface area contributed by atoms with Gasteiger partial charge in [-0.15, -0.1) is 11.8 Å². The minimum Gasteiger partial charge on any atom is -0.391 e. The van der Waals surface area contributed by atoms with E-state index in [0.717, 1.165) is 28.5 Å². The minimum atomic E-state index is -3.61. The van der Waals surface area contributed by atoms with Crippen LogP contribution < -0.4 is 10.0 Å². The number of amides is 1. The number of aromatic nitrogens is 1. The maximum atomic E-state index is 13.2. The Morgan fingerprint density at radius 1 is 1.26 bits per heavy atom. The maximum Gasteiger partial charge on any atom is 0.239 e. The molecule has 0 spiro atoms. The van der Waals surface area contributed by atoms with Crippen molar-refractivity contribution in [2.45, 2.75) is 69.5 Å². The number of para-hydroxylation sites is 1. The van der Waals surface area contributed by atoms with Gasteiger partial charge in [-0.05, 0) is 55.6 Å². The highest BCUT2D eigenvalue weighted by atomic mass is 32.2. The molecule has 34 heavy (non-hydrogen) atoms. The summed E-state index contributed by atoms with van der Waals surface area (Å²) in [6.07, 6.45) is 5.56. The van der Waals surface area contributed by atoms with Crippen LogP contribution in [-0.2, 0) is 14.8 Å². The van der Waals surface area contributed by atoms with Gasteiger partial charge in [-0.2, -0.15) is 0 Å². The third kappa shape index (κ3) is 7.41. The van der Waals surface area contributed by atoms with Gasteiger partial charge in [0.05, 0.1) is 23.9 Å². The van der Waals surface area contributed by atoms with E-state index < -0.39 is 34.1 Å². The Morgan fingerprint density at radius 3 is 2.65 bits per heavy atom. The fraction of sp³-hybridized carbons (Fsp3) is 0.600. The Balaban J connectivity index is 0.00000324. The number of fused-ring (bicyclic) bond motifs is 1. The highest BCUT2D eigenvalue weighted by Gasteiger charge is 2.33. The average molecular weight is 512 g/mol. The molecule has 1 aromatic carbocycles. The molecular weight excluding hydrogens is 470 g/mol. The van der Waals surface area contributed by atoms with Crippen LogP contribution in [0.4, 0.5) is 0 Å². The van der Waals surface area contributed by atoms with E-state index in [9.17, 15) is 18.3 Å². The highest BCUT2D eigenvalue weighted by Crippen LogP contribution is 2.38. The van der Waals surface area contributed by atoms with Crippen molar-refractivity contribution in [3.8, 4) is 0 Å². The van der Waals surface area contributed by atoms with Crippen molar-refractivity contribution in [1.82, 2.24) is 15.0 Å². The van der Waals surface area contributed by atoms with Crippen LogP contribution in [0.25, 0.3) is 10.9 Å². The average Bonchev–Trinajstić information content (AvgIpc) is 3.10. The van der Waals surface area contributed by atoms with Crippen LogP contribution in [0.3, 0.4) is 0 Å². The topological polar surface area (TPSA) is 108 Å². The monoisotopic (exact) mass is 511 g/mol. The minimum absolute atomic E-state index is 0. The Bertz CT molecular complexity index is 1080. The van der Waals surface area contributed by atoms with E-state index in [1.54, 1.807) is 6.20 Å².